The van der Waals surface area contributed by atoms with E-state index in [4.69, 9.17) is 0 Å². The Hall–Kier alpha value is -2.89. The van der Waals surface area contributed by atoms with Crippen LogP contribution in [0.5, 0.6) is 0 Å². The molecule has 3 heterocycles. The maximum atomic E-state index is 13.0. The summed E-state index contributed by atoms with van der Waals surface area (Å²) in [6.07, 6.45) is 5.88. The molecule has 3 aromatic rings. The number of carbonyl (C=O) groups excluding carboxylic acids is 1. The molecule has 1 aliphatic rings. The van der Waals surface area contributed by atoms with Gasteiger partial charge in [-0.05, 0) is 57.0 Å². The summed E-state index contributed by atoms with van der Waals surface area (Å²) in [6, 6.07) is 9.87. The maximum absolute atomic E-state index is 13.0. The highest BCUT2D eigenvalue weighted by atomic mass is 16.2. The van der Waals surface area contributed by atoms with Gasteiger partial charge in [0.1, 0.15) is 0 Å². The van der Waals surface area contributed by atoms with Gasteiger partial charge in [-0.2, -0.15) is 10.2 Å². The summed E-state index contributed by atoms with van der Waals surface area (Å²) in [5.74, 6) is 0.0799. The topological polar surface area (TPSA) is 56.0 Å². The van der Waals surface area contributed by atoms with Crippen LogP contribution in [0.25, 0.3) is 5.69 Å². The van der Waals surface area contributed by atoms with Crippen LogP contribution >= 0.6 is 0 Å². The predicted octanol–water partition coefficient (Wildman–Crippen LogP) is 3.20. The Balaban J connectivity index is 1.57. The fourth-order valence-corrected chi connectivity index (χ4v) is 3.77. The molecule has 6 heteroatoms. The van der Waals surface area contributed by atoms with Gasteiger partial charge in [-0.25, -0.2) is 4.68 Å². The molecule has 0 aliphatic carbocycles. The Kier molecular flexibility index (Phi) is 4.11. The molecule has 1 amide bonds. The molecule has 26 heavy (non-hydrogen) atoms. The first-order valence-electron chi connectivity index (χ1n) is 8.96. The third-order valence-electron chi connectivity index (χ3n) is 4.99. The zero-order valence-corrected chi connectivity index (χ0v) is 15.4. The van der Waals surface area contributed by atoms with Gasteiger partial charge >= 0.3 is 0 Å². The Bertz CT molecular complexity index is 938. The maximum Gasteiger partial charge on any atom is 0.254 e. The molecule has 1 aromatic carbocycles. The summed E-state index contributed by atoms with van der Waals surface area (Å²) in [5, 5.41) is 8.75. The second kappa shape index (κ2) is 6.44. The Morgan fingerprint density at radius 3 is 2.58 bits per heavy atom. The molecular weight excluding hydrogens is 326 g/mol. The van der Waals surface area contributed by atoms with Crippen LogP contribution in [-0.4, -0.2) is 36.9 Å². The van der Waals surface area contributed by atoms with E-state index in [1.807, 2.05) is 73.2 Å². The number of nitrogens with zero attached hydrogens (tertiary/aromatic N) is 5. The first kappa shape index (κ1) is 16.6. The average molecular weight is 349 g/mol. The normalized spacial score (nSPS) is 17.0. The molecule has 0 N–H and O–H groups in total. The van der Waals surface area contributed by atoms with Crippen molar-refractivity contribution >= 4 is 5.91 Å². The minimum atomic E-state index is 0.0799. The van der Waals surface area contributed by atoms with E-state index in [1.54, 1.807) is 4.68 Å². The van der Waals surface area contributed by atoms with Gasteiger partial charge in [0.05, 0.1) is 23.6 Å². The lowest BCUT2D eigenvalue weighted by molar-refractivity contribution is 0.0735. The third-order valence-corrected chi connectivity index (χ3v) is 4.99. The number of aryl methyl sites for hydroxylation is 3. The highest BCUT2D eigenvalue weighted by Gasteiger charge is 2.31. The first-order valence-corrected chi connectivity index (χ1v) is 8.96. The van der Waals surface area contributed by atoms with Crippen molar-refractivity contribution in [2.45, 2.75) is 32.7 Å². The highest BCUT2D eigenvalue weighted by Crippen LogP contribution is 2.32. The van der Waals surface area contributed by atoms with Crippen molar-refractivity contribution in [3.8, 4) is 5.69 Å². The molecule has 1 aliphatic heterocycles. The summed E-state index contributed by atoms with van der Waals surface area (Å²) in [5.41, 5.74) is 4.86. The highest BCUT2D eigenvalue weighted by molar-refractivity contribution is 5.94. The van der Waals surface area contributed by atoms with E-state index >= 15 is 0 Å². The summed E-state index contributed by atoms with van der Waals surface area (Å²) in [4.78, 5) is 15.0. The molecule has 4 rings (SSSR count). The van der Waals surface area contributed by atoms with Gasteiger partial charge in [-0.1, -0.05) is 0 Å². The van der Waals surface area contributed by atoms with Crippen molar-refractivity contribution in [2.24, 2.45) is 7.05 Å². The lowest BCUT2D eigenvalue weighted by Crippen LogP contribution is -2.30. The molecule has 1 saturated heterocycles. The largest absolute Gasteiger partial charge is 0.331 e. The second-order valence-electron chi connectivity index (χ2n) is 6.99. The van der Waals surface area contributed by atoms with Crippen LogP contribution < -0.4 is 0 Å². The van der Waals surface area contributed by atoms with Crippen molar-refractivity contribution in [3.05, 3.63) is 65.2 Å². The first-order chi connectivity index (χ1) is 12.5. The Morgan fingerprint density at radius 2 is 1.96 bits per heavy atom. The van der Waals surface area contributed by atoms with Crippen LogP contribution in [0.1, 0.15) is 46.2 Å². The molecule has 0 radical (unpaired) electrons. The standard InChI is InChI=1S/C20H23N5O/c1-14-11-15(2)25(22-14)18-8-6-16(7-9-18)20(26)24-10-4-5-19(24)17-12-21-23(3)13-17/h6-9,11-13,19H,4-5,10H2,1-3H3/t19-/m0/s1. The number of hydrogen-bond donors (Lipinski definition) is 0. The van der Waals surface area contributed by atoms with Crippen molar-refractivity contribution in [3.63, 3.8) is 0 Å². The van der Waals surface area contributed by atoms with E-state index in [9.17, 15) is 4.79 Å². The number of rotatable bonds is 3. The predicted molar refractivity (Wildman–Crippen MR) is 99.3 cm³/mol. The minimum absolute atomic E-state index is 0.0799. The van der Waals surface area contributed by atoms with E-state index < -0.39 is 0 Å². The Morgan fingerprint density at radius 1 is 1.19 bits per heavy atom. The number of amides is 1. The zero-order chi connectivity index (χ0) is 18.3. The fraction of sp³-hybridized carbons (Fsp3) is 0.350. The van der Waals surface area contributed by atoms with Crippen LogP contribution in [0.3, 0.4) is 0 Å². The van der Waals surface area contributed by atoms with Crippen molar-refractivity contribution < 1.29 is 4.79 Å². The van der Waals surface area contributed by atoms with Gasteiger partial charge in [-0.3, -0.25) is 9.48 Å². The molecular formula is C20H23N5O. The Labute approximate surface area is 153 Å². The number of aromatic nitrogens is 4. The molecule has 0 spiro atoms. The minimum Gasteiger partial charge on any atom is -0.331 e. The molecule has 1 atom stereocenters. The smallest absolute Gasteiger partial charge is 0.254 e. The van der Waals surface area contributed by atoms with Crippen molar-refractivity contribution in [2.75, 3.05) is 6.54 Å². The van der Waals surface area contributed by atoms with Crippen molar-refractivity contribution in [1.29, 1.82) is 0 Å². The molecule has 2 aromatic heterocycles. The second-order valence-corrected chi connectivity index (χ2v) is 6.99. The molecule has 1 fully saturated rings. The van der Waals surface area contributed by atoms with Crippen LogP contribution in [-0.2, 0) is 7.05 Å². The van der Waals surface area contributed by atoms with E-state index in [0.29, 0.717) is 5.56 Å². The van der Waals surface area contributed by atoms with Gasteiger partial charge in [0, 0.05) is 36.6 Å². The van der Waals surface area contributed by atoms with Gasteiger partial charge in [0.25, 0.3) is 5.91 Å². The molecule has 6 nitrogen and oxygen atoms in total. The van der Waals surface area contributed by atoms with Crippen LogP contribution in [0, 0.1) is 13.8 Å². The molecule has 0 saturated carbocycles. The molecule has 0 unspecified atom stereocenters. The quantitative estimate of drug-likeness (QED) is 0.730. The molecule has 134 valence electrons. The summed E-state index contributed by atoms with van der Waals surface area (Å²) >= 11 is 0. The molecule has 0 bridgehead atoms. The van der Waals surface area contributed by atoms with E-state index in [-0.39, 0.29) is 11.9 Å². The van der Waals surface area contributed by atoms with E-state index in [2.05, 4.69) is 10.2 Å². The summed E-state index contributed by atoms with van der Waals surface area (Å²) < 4.78 is 3.69. The number of hydrogen-bond acceptors (Lipinski definition) is 3. The summed E-state index contributed by atoms with van der Waals surface area (Å²) in [6.45, 7) is 4.80. The summed E-state index contributed by atoms with van der Waals surface area (Å²) in [7, 11) is 1.91. The van der Waals surface area contributed by atoms with E-state index in [1.165, 1.54) is 0 Å². The van der Waals surface area contributed by atoms with Crippen LogP contribution in [0.2, 0.25) is 0 Å². The average Bonchev–Trinajstić information content (AvgIpc) is 3.34. The monoisotopic (exact) mass is 349 g/mol. The fourth-order valence-electron chi connectivity index (χ4n) is 3.77. The number of carbonyl (C=O) groups is 1. The third kappa shape index (κ3) is 2.92. The van der Waals surface area contributed by atoms with Crippen molar-refractivity contribution in [1.82, 2.24) is 24.5 Å². The lowest BCUT2D eigenvalue weighted by atomic mass is 10.1. The lowest BCUT2D eigenvalue weighted by Gasteiger charge is -2.24. The van der Waals surface area contributed by atoms with E-state index in [0.717, 1.165) is 42.0 Å². The van der Waals surface area contributed by atoms with Gasteiger partial charge in [-0.15, -0.1) is 0 Å². The number of likely N-dealkylation sites (tertiary alicyclic amines) is 1. The van der Waals surface area contributed by atoms with Gasteiger partial charge < -0.3 is 4.90 Å². The zero-order valence-electron chi connectivity index (χ0n) is 15.4. The van der Waals surface area contributed by atoms with Gasteiger partial charge in [0.15, 0.2) is 0 Å². The number of benzene rings is 1. The van der Waals surface area contributed by atoms with Crippen LogP contribution in [0.4, 0.5) is 0 Å². The van der Waals surface area contributed by atoms with Crippen LogP contribution in [0.15, 0.2) is 42.7 Å². The van der Waals surface area contributed by atoms with Gasteiger partial charge in [0.2, 0.25) is 0 Å². The SMILES string of the molecule is Cc1cc(C)n(-c2ccc(C(=O)N3CCC[C@H]3c3cnn(C)c3)cc2)n1.